The molecule has 2 amide bonds. The van der Waals surface area contributed by atoms with Crippen LogP contribution in [-0.4, -0.2) is 68.8 Å². The molecule has 0 saturated carbocycles. The minimum absolute atomic E-state index is 0.115. The first-order valence-electron chi connectivity index (χ1n) is 5.97. The van der Waals surface area contributed by atoms with E-state index >= 15 is 0 Å². The number of nitrogens with zero attached hydrogens (tertiary/aromatic N) is 1. The van der Waals surface area contributed by atoms with Crippen molar-refractivity contribution in [1.82, 2.24) is 10.2 Å². The van der Waals surface area contributed by atoms with E-state index in [0.29, 0.717) is 26.3 Å². The maximum absolute atomic E-state index is 12.0. The molecular weight excluding hydrogens is 238 g/mol. The van der Waals surface area contributed by atoms with Crippen LogP contribution in [0.3, 0.4) is 0 Å². The van der Waals surface area contributed by atoms with E-state index in [4.69, 9.17) is 15.2 Å². The second-order valence-electron chi connectivity index (χ2n) is 4.23. The van der Waals surface area contributed by atoms with Crippen molar-refractivity contribution in [3.63, 3.8) is 0 Å². The van der Waals surface area contributed by atoms with Gasteiger partial charge in [-0.25, -0.2) is 0 Å². The van der Waals surface area contributed by atoms with Crippen LogP contribution in [0.25, 0.3) is 0 Å². The molecule has 0 aromatic rings. The number of nitrogens with two attached hydrogens (primary N) is 1. The number of carbonyl (C=O) groups excluding carboxylic acids is 2. The number of hydrogen-bond acceptors (Lipinski definition) is 5. The Kier molecular flexibility index (Phi) is 6.03. The van der Waals surface area contributed by atoms with Crippen LogP contribution >= 0.6 is 0 Å². The van der Waals surface area contributed by atoms with Crippen molar-refractivity contribution in [3.05, 3.63) is 0 Å². The van der Waals surface area contributed by atoms with Gasteiger partial charge in [0.15, 0.2) is 0 Å². The molecular formula is C11H21N3O4. The minimum atomic E-state index is -0.755. The van der Waals surface area contributed by atoms with E-state index in [-0.39, 0.29) is 18.4 Å². The molecule has 7 heteroatoms. The zero-order valence-corrected chi connectivity index (χ0v) is 10.8. The SMILES string of the molecule is COCC(N)C(=O)NC(C)C(=O)N1CCOCC1. The summed E-state index contributed by atoms with van der Waals surface area (Å²) in [6.07, 6.45) is 0. The third-order valence-corrected chi connectivity index (χ3v) is 2.73. The lowest BCUT2D eigenvalue weighted by atomic mass is 10.2. The molecule has 0 aromatic carbocycles. The summed E-state index contributed by atoms with van der Waals surface area (Å²) in [6.45, 7) is 3.97. The third-order valence-electron chi connectivity index (χ3n) is 2.73. The quantitative estimate of drug-likeness (QED) is 0.615. The fourth-order valence-corrected chi connectivity index (χ4v) is 1.70. The van der Waals surface area contributed by atoms with Crippen LogP contribution in [0.5, 0.6) is 0 Å². The van der Waals surface area contributed by atoms with Gasteiger partial charge in [0, 0.05) is 20.2 Å². The van der Waals surface area contributed by atoms with Crippen LogP contribution in [0.2, 0.25) is 0 Å². The molecule has 1 saturated heterocycles. The lowest BCUT2D eigenvalue weighted by molar-refractivity contribution is -0.139. The number of hydrogen-bond donors (Lipinski definition) is 2. The predicted octanol–water partition coefficient (Wildman–Crippen LogP) is -1.68. The van der Waals surface area contributed by atoms with Gasteiger partial charge in [-0.05, 0) is 6.92 Å². The highest BCUT2D eigenvalue weighted by Crippen LogP contribution is 2.00. The molecule has 7 nitrogen and oxygen atoms in total. The molecule has 1 aliphatic rings. The van der Waals surface area contributed by atoms with E-state index in [2.05, 4.69) is 5.32 Å². The number of carbonyl (C=O) groups is 2. The summed E-state index contributed by atoms with van der Waals surface area (Å²) in [7, 11) is 1.47. The highest BCUT2D eigenvalue weighted by Gasteiger charge is 2.25. The summed E-state index contributed by atoms with van der Waals surface area (Å²) in [5.74, 6) is -0.498. The van der Waals surface area contributed by atoms with Crippen LogP contribution in [0.4, 0.5) is 0 Å². The van der Waals surface area contributed by atoms with E-state index in [9.17, 15) is 9.59 Å². The molecule has 3 N–H and O–H groups in total. The Hall–Kier alpha value is -1.18. The largest absolute Gasteiger partial charge is 0.383 e. The minimum Gasteiger partial charge on any atom is -0.383 e. The van der Waals surface area contributed by atoms with Crippen molar-refractivity contribution < 1.29 is 19.1 Å². The Balaban J connectivity index is 2.41. The number of ether oxygens (including phenoxy) is 2. The van der Waals surface area contributed by atoms with Gasteiger partial charge < -0.3 is 25.4 Å². The summed E-state index contributed by atoms with van der Waals surface area (Å²) in [6, 6.07) is -1.34. The van der Waals surface area contributed by atoms with Crippen LogP contribution in [0, 0.1) is 0 Å². The summed E-state index contributed by atoms with van der Waals surface area (Å²) >= 11 is 0. The maximum Gasteiger partial charge on any atom is 0.245 e. The molecule has 1 heterocycles. The first kappa shape index (κ1) is 14.9. The Bertz CT molecular complexity index is 292. The number of morpholine rings is 1. The van der Waals surface area contributed by atoms with Crippen molar-refractivity contribution in [3.8, 4) is 0 Å². The van der Waals surface area contributed by atoms with Gasteiger partial charge in [-0.1, -0.05) is 0 Å². The van der Waals surface area contributed by atoms with Gasteiger partial charge in [-0.3, -0.25) is 9.59 Å². The number of nitrogens with one attached hydrogen (secondary N) is 1. The topological polar surface area (TPSA) is 93.9 Å². The fourth-order valence-electron chi connectivity index (χ4n) is 1.70. The van der Waals surface area contributed by atoms with E-state index in [1.807, 2.05) is 0 Å². The van der Waals surface area contributed by atoms with E-state index in [1.165, 1.54) is 7.11 Å². The highest BCUT2D eigenvalue weighted by atomic mass is 16.5. The van der Waals surface area contributed by atoms with Gasteiger partial charge >= 0.3 is 0 Å². The molecule has 18 heavy (non-hydrogen) atoms. The van der Waals surface area contributed by atoms with Crippen molar-refractivity contribution in [1.29, 1.82) is 0 Å². The number of rotatable bonds is 5. The van der Waals surface area contributed by atoms with Gasteiger partial charge in [-0.15, -0.1) is 0 Å². The molecule has 0 aromatic heterocycles. The normalized spacial score (nSPS) is 19.2. The summed E-state index contributed by atoms with van der Waals surface area (Å²) in [5.41, 5.74) is 5.57. The summed E-state index contributed by atoms with van der Waals surface area (Å²) < 4.78 is 9.95. The molecule has 0 spiro atoms. The zero-order valence-electron chi connectivity index (χ0n) is 10.8. The molecule has 104 valence electrons. The van der Waals surface area contributed by atoms with Crippen molar-refractivity contribution in [2.45, 2.75) is 19.0 Å². The van der Waals surface area contributed by atoms with Gasteiger partial charge in [0.05, 0.1) is 19.8 Å². The molecule has 0 bridgehead atoms. The second kappa shape index (κ2) is 7.30. The Morgan fingerprint density at radius 3 is 2.61 bits per heavy atom. The lowest BCUT2D eigenvalue weighted by Gasteiger charge is -2.29. The van der Waals surface area contributed by atoms with Crippen LogP contribution < -0.4 is 11.1 Å². The van der Waals surface area contributed by atoms with Crippen molar-refractivity contribution >= 4 is 11.8 Å². The van der Waals surface area contributed by atoms with Crippen LogP contribution in [0.1, 0.15) is 6.92 Å². The van der Waals surface area contributed by atoms with Gasteiger partial charge in [-0.2, -0.15) is 0 Å². The molecule has 0 radical (unpaired) electrons. The number of methoxy groups -OCH3 is 1. The predicted molar refractivity (Wildman–Crippen MR) is 64.9 cm³/mol. The fraction of sp³-hybridized carbons (Fsp3) is 0.818. The molecule has 0 aliphatic carbocycles. The zero-order chi connectivity index (χ0) is 13.5. The average molecular weight is 259 g/mol. The van der Waals surface area contributed by atoms with Crippen molar-refractivity contribution in [2.24, 2.45) is 5.73 Å². The van der Waals surface area contributed by atoms with Gasteiger partial charge in [0.2, 0.25) is 11.8 Å². The molecule has 1 fully saturated rings. The molecule has 1 aliphatic heterocycles. The van der Waals surface area contributed by atoms with Crippen LogP contribution in [0.15, 0.2) is 0 Å². The summed E-state index contributed by atoms with van der Waals surface area (Å²) in [5, 5.41) is 2.59. The highest BCUT2D eigenvalue weighted by molar-refractivity contribution is 5.89. The first-order chi connectivity index (χ1) is 8.56. The maximum atomic E-state index is 12.0. The van der Waals surface area contributed by atoms with E-state index < -0.39 is 12.1 Å². The number of amides is 2. The van der Waals surface area contributed by atoms with E-state index in [1.54, 1.807) is 11.8 Å². The first-order valence-corrected chi connectivity index (χ1v) is 5.97. The Morgan fingerprint density at radius 1 is 1.44 bits per heavy atom. The van der Waals surface area contributed by atoms with Crippen molar-refractivity contribution in [2.75, 3.05) is 40.0 Å². The average Bonchev–Trinajstić information content (AvgIpc) is 2.39. The van der Waals surface area contributed by atoms with E-state index in [0.717, 1.165) is 0 Å². The van der Waals surface area contributed by atoms with Gasteiger partial charge in [0.25, 0.3) is 0 Å². The Morgan fingerprint density at radius 2 is 2.06 bits per heavy atom. The lowest BCUT2D eigenvalue weighted by Crippen LogP contribution is -2.54. The smallest absolute Gasteiger partial charge is 0.245 e. The second-order valence-corrected chi connectivity index (χ2v) is 4.23. The third kappa shape index (κ3) is 4.25. The van der Waals surface area contributed by atoms with Crippen LogP contribution in [-0.2, 0) is 19.1 Å². The molecule has 2 atom stereocenters. The summed E-state index contributed by atoms with van der Waals surface area (Å²) in [4.78, 5) is 25.3. The van der Waals surface area contributed by atoms with Gasteiger partial charge in [0.1, 0.15) is 12.1 Å². The monoisotopic (exact) mass is 259 g/mol. The standard InChI is InChI=1S/C11H21N3O4/c1-8(13-10(15)9(12)7-17-2)11(16)14-3-5-18-6-4-14/h8-9H,3-7,12H2,1-2H3,(H,13,15). The Labute approximate surface area is 107 Å². The molecule has 1 rings (SSSR count). The molecule has 2 unspecified atom stereocenters.